The van der Waals surface area contributed by atoms with Crippen molar-refractivity contribution in [2.45, 2.75) is 32.1 Å². The van der Waals surface area contributed by atoms with E-state index in [0.29, 0.717) is 25.6 Å². The largest absolute Gasteiger partial charge is 0.493 e. The van der Waals surface area contributed by atoms with Crippen LogP contribution in [0.25, 0.3) is 5.57 Å². The fourth-order valence-electron chi connectivity index (χ4n) is 3.89. The van der Waals surface area contributed by atoms with Crippen LogP contribution in [0.3, 0.4) is 0 Å². The normalized spacial score (nSPS) is 20.1. The fraction of sp³-hybridized carbons (Fsp3) is 0.545. The number of carbonyl (C=O) groups excluding carboxylic acids is 1. The molecular weight excluding hydrogens is 372 g/mol. The van der Waals surface area contributed by atoms with Gasteiger partial charge in [-0.25, -0.2) is 4.79 Å². The summed E-state index contributed by atoms with van der Waals surface area (Å²) >= 11 is 0. The summed E-state index contributed by atoms with van der Waals surface area (Å²) in [4.78, 5) is 24.5. The van der Waals surface area contributed by atoms with Crippen LogP contribution < -0.4 is 10.1 Å². The zero-order valence-corrected chi connectivity index (χ0v) is 16.9. The maximum atomic E-state index is 12.0. The second-order valence-electron chi connectivity index (χ2n) is 7.72. The maximum absolute atomic E-state index is 12.0. The van der Waals surface area contributed by atoms with Crippen LogP contribution in [-0.2, 0) is 9.53 Å². The number of hydrogen-bond donors (Lipinski definition) is 2. The van der Waals surface area contributed by atoms with Gasteiger partial charge in [0.25, 0.3) is 0 Å². The van der Waals surface area contributed by atoms with Crippen molar-refractivity contribution in [3.63, 3.8) is 0 Å². The van der Waals surface area contributed by atoms with E-state index in [1.165, 1.54) is 16.0 Å². The molecule has 2 amide bonds. The van der Waals surface area contributed by atoms with Crippen LogP contribution >= 0.6 is 0 Å². The number of hydrogen-bond acceptors (Lipinski definition) is 4. The third kappa shape index (κ3) is 5.97. The van der Waals surface area contributed by atoms with Crippen LogP contribution in [0.2, 0.25) is 0 Å². The van der Waals surface area contributed by atoms with Crippen LogP contribution in [0.1, 0.15) is 37.7 Å². The fourth-order valence-corrected chi connectivity index (χ4v) is 3.89. The molecule has 0 bridgehead atoms. The summed E-state index contributed by atoms with van der Waals surface area (Å²) in [6.07, 6.45) is 5.48. The van der Waals surface area contributed by atoms with Gasteiger partial charge >= 0.3 is 6.09 Å². The highest BCUT2D eigenvalue weighted by Gasteiger charge is 2.23. The number of ether oxygens (including phenoxy) is 2. The molecule has 0 radical (unpaired) electrons. The number of rotatable bonds is 7. The molecule has 7 nitrogen and oxygen atoms in total. The van der Waals surface area contributed by atoms with Gasteiger partial charge in [0.15, 0.2) is 0 Å². The smallest absolute Gasteiger partial charge is 0.407 e. The minimum absolute atomic E-state index is 0.0176. The van der Waals surface area contributed by atoms with Crippen LogP contribution in [0.4, 0.5) is 4.79 Å². The van der Waals surface area contributed by atoms with Gasteiger partial charge in [0, 0.05) is 26.1 Å². The minimum atomic E-state index is -0.834. The highest BCUT2D eigenvalue weighted by atomic mass is 16.5. The second kappa shape index (κ2) is 10.3. The molecule has 1 heterocycles. The van der Waals surface area contributed by atoms with Crippen molar-refractivity contribution < 1.29 is 24.2 Å². The second-order valence-corrected chi connectivity index (χ2v) is 7.72. The van der Waals surface area contributed by atoms with Crippen molar-refractivity contribution in [3.8, 4) is 5.75 Å². The molecule has 3 rings (SSSR count). The Morgan fingerprint density at radius 2 is 1.90 bits per heavy atom. The van der Waals surface area contributed by atoms with Crippen LogP contribution in [0.15, 0.2) is 30.3 Å². The molecule has 7 heteroatoms. The first-order chi connectivity index (χ1) is 14.1. The summed E-state index contributed by atoms with van der Waals surface area (Å²) in [5, 5.41) is 11.8. The van der Waals surface area contributed by atoms with E-state index in [0.717, 1.165) is 37.9 Å². The third-order valence-corrected chi connectivity index (χ3v) is 5.77. The molecule has 29 heavy (non-hydrogen) atoms. The van der Waals surface area contributed by atoms with E-state index in [-0.39, 0.29) is 18.6 Å². The molecule has 1 aliphatic heterocycles. The number of methoxy groups -OCH3 is 1. The van der Waals surface area contributed by atoms with Crippen molar-refractivity contribution in [1.29, 1.82) is 0 Å². The lowest BCUT2D eigenvalue weighted by molar-refractivity contribution is -0.126. The lowest BCUT2D eigenvalue weighted by Gasteiger charge is -2.29. The summed E-state index contributed by atoms with van der Waals surface area (Å²) in [7, 11) is 1.56. The Morgan fingerprint density at radius 1 is 1.17 bits per heavy atom. The Bertz CT molecular complexity index is 723. The van der Waals surface area contributed by atoms with Gasteiger partial charge in [-0.15, -0.1) is 0 Å². The lowest BCUT2D eigenvalue weighted by atomic mass is 9.86. The molecule has 2 aliphatic rings. The third-order valence-electron chi connectivity index (χ3n) is 5.77. The number of nitrogens with one attached hydrogen (secondary N) is 1. The van der Waals surface area contributed by atoms with Gasteiger partial charge < -0.3 is 24.8 Å². The van der Waals surface area contributed by atoms with Crippen molar-refractivity contribution in [2.24, 2.45) is 11.8 Å². The van der Waals surface area contributed by atoms with E-state index in [1.807, 2.05) is 12.1 Å². The zero-order chi connectivity index (χ0) is 20.6. The van der Waals surface area contributed by atoms with Crippen molar-refractivity contribution in [3.05, 3.63) is 35.9 Å². The Kier molecular flexibility index (Phi) is 7.52. The maximum Gasteiger partial charge on any atom is 0.407 e. The standard InChI is InChI=1S/C22H30N2O5/c1-28-15-23-21(25)19-4-2-17(3-5-19)18-6-8-20(9-7-18)29-14-16-10-12-24(13-11-16)22(26)27/h2,6-9,16,19H,3-5,10-15H2,1H3,(H,23,25)(H,26,27). The molecule has 0 aromatic heterocycles. The summed E-state index contributed by atoms with van der Waals surface area (Å²) in [6.45, 7) is 2.04. The number of allylic oxidation sites excluding steroid dienone is 2. The summed E-state index contributed by atoms with van der Waals surface area (Å²) in [6, 6.07) is 8.11. The topological polar surface area (TPSA) is 88.1 Å². The molecule has 1 unspecified atom stereocenters. The Morgan fingerprint density at radius 3 is 2.48 bits per heavy atom. The number of carboxylic acid groups (broad SMARTS) is 1. The van der Waals surface area contributed by atoms with E-state index >= 15 is 0 Å². The monoisotopic (exact) mass is 402 g/mol. The highest BCUT2D eigenvalue weighted by molar-refractivity contribution is 5.80. The van der Waals surface area contributed by atoms with Crippen molar-refractivity contribution in [2.75, 3.05) is 33.5 Å². The Labute approximate surface area is 171 Å². The van der Waals surface area contributed by atoms with Crippen LogP contribution in [-0.4, -0.2) is 55.5 Å². The molecule has 1 saturated heterocycles. The summed E-state index contributed by atoms with van der Waals surface area (Å²) in [5.41, 5.74) is 2.44. The molecule has 1 atom stereocenters. The van der Waals surface area contributed by atoms with Crippen LogP contribution in [0, 0.1) is 11.8 Å². The zero-order valence-electron chi connectivity index (χ0n) is 16.9. The van der Waals surface area contributed by atoms with Crippen molar-refractivity contribution in [1.82, 2.24) is 10.2 Å². The minimum Gasteiger partial charge on any atom is -0.493 e. The Hall–Kier alpha value is -2.54. The van der Waals surface area contributed by atoms with E-state index in [1.54, 1.807) is 7.11 Å². The Balaban J connectivity index is 1.45. The van der Waals surface area contributed by atoms with Gasteiger partial charge in [0.1, 0.15) is 12.5 Å². The molecular formula is C22H30N2O5. The average Bonchev–Trinajstić information content (AvgIpc) is 2.77. The SMILES string of the molecule is COCNC(=O)C1CC=C(c2ccc(OCC3CCN(C(=O)O)CC3)cc2)CC1. The number of carbonyl (C=O) groups is 2. The number of likely N-dealkylation sites (tertiary alicyclic amines) is 1. The number of piperidine rings is 1. The van der Waals surface area contributed by atoms with Crippen LogP contribution in [0.5, 0.6) is 5.75 Å². The first-order valence-electron chi connectivity index (χ1n) is 10.2. The molecule has 1 aromatic rings. The molecule has 1 fully saturated rings. The van der Waals surface area contributed by atoms with Gasteiger partial charge in [0.05, 0.1) is 6.61 Å². The van der Waals surface area contributed by atoms with E-state index in [2.05, 4.69) is 23.5 Å². The van der Waals surface area contributed by atoms with Gasteiger partial charge in [0.2, 0.25) is 5.91 Å². The van der Waals surface area contributed by atoms with Gasteiger partial charge in [-0.1, -0.05) is 18.2 Å². The van der Waals surface area contributed by atoms with E-state index in [9.17, 15) is 9.59 Å². The molecule has 1 aromatic carbocycles. The van der Waals surface area contributed by atoms with Crippen molar-refractivity contribution >= 4 is 17.6 Å². The number of nitrogens with zero attached hydrogens (tertiary/aromatic N) is 1. The lowest BCUT2D eigenvalue weighted by Crippen LogP contribution is -2.38. The van der Waals surface area contributed by atoms with E-state index in [4.69, 9.17) is 14.6 Å². The number of amides is 2. The predicted octanol–water partition coefficient (Wildman–Crippen LogP) is 3.36. The quantitative estimate of drug-likeness (QED) is 0.683. The van der Waals surface area contributed by atoms with E-state index < -0.39 is 6.09 Å². The summed E-state index contributed by atoms with van der Waals surface area (Å²) in [5.74, 6) is 1.30. The number of benzene rings is 1. The molecule has 0 saturated carbocycles. The predicted molar refractivity (Wildman–Crippen MR) is 110 cm³/mol. The first kappa shape index (κ1) is 21.2. The molecule has 0 spiro atoms. The average molecular weight is 402 g/mol. The summed E-state index contributed by atoms with van der Waals surface area (Å²) < 4.78 is 10.8. The first-order valence-corrected chi connectivity index (χ1v) is 10.2. The van der Waals surface area contributed by atoms with Gasteiger partial charge in [-0.3, -0.25) is 4.79 Å². The molecule has 1 aliphatic carbocycles. The molecule has 2 N–H and O–H groups in total. The van der Waals surface area contributed by atoms with Gasteiger partial charge in [-0.05, 0) is 61.3 Å². The van der Waals surface area contributed by atoms with Gasteiger partial charge in [-0.2, -0.15) is 0 Å². The highest BCUT2D eigenvalue weighted by Crippen LogP contribution is 2.31. The molecule has 158 valence electrons.